The minimum Gasteiger partial charge on any atom is -0.411 e. The zero-order valence-electron chi connectivity index (χ0n) is 9.94. The van der Waals surface area contributed by atoms with Crippen molar-refractivity contribution in [3.05, 3.63) is 0 Å². The van der Waals surface area contributed by atoms with Gasteiger partial charge in [0.2, 0.25) is 0 Å². The van der Waals surface area contributed by atoms with E-state index >= 15 is 0 Å². The molecular weight excluding hydrogens is 200 g/mol. The molecule has 1 aliphatic heterocycles. The molecule has 0 spiro atoms. The van der Waals surface area contributed by atoms with E-state index in [4.69, 9.17) is 5.21 Å². The van der Waals surface area contributed by atoms with Gasteiger partial charge in [0.1, 0.15) is 0 Å². The Morgan fingerprint density at radius 1 is 1.00 bits per heavy atom. The summed E-state index contributed by atoms with van der Waals surface area (Å²) in [7, 11) is 0. The van der Waals surface area contributed by atoms with E-state index in [0.29, 0.717) is 17.9 Å². The maximum Gasteiger partial charge on any atom is 0.0648 e. The standard InChI is InChI=1S/C13H22N2O/c16-14-13-10-4-6-11(13)12(7-5-10)15-8-2-1-3-9-15/h10-12,16H,1-9H2/b14-13+/t10-,11+,12-/m0/s1. The van der Waals surface area contributed by atoms with E-state index < -0.39 is 0 Å². The molecule has 0 radical (unpaired) electrons. The Morgan fingerprint density at radius 3 is 2.50 bits per heavy atom. The Balaban J connectivity index is 1.75. The van der Waals surface area contributed by atoms with E-state index in [-0.39, 0.29) is 0 Å². The Morgan fingerprint density at radius 2 is 1.75 bits per heavy atom. The normalized spacial score (nSPS) is 42.8. The molecule has 2 saturated carbocycles. The van der Waals surface area contributed by atoms with E-state index in [1.54, 1.807) is 0 Å². The highest BCUT2D eigenvalue weighted by Gasteiger charge is 2.44. The molecule has 90 valence electrons. The molecule has 1 heterocycles. The lowest BCUT2D eigenvalue weighted by molar-refractivity contribution is 0.123. The first-order chi connectivity index (χ1) is 7.90. The van der Waals surface area contributed by atoms with Crippen LogP contribution in [-0.2, 0) is 0 Å². The summed E-state index contributed by atoms with van der Waals surface area (Å²) in [6.45, 7) is 2.54. The van der Waals surface area contributed by atoms with Crippen molar-refractivity contribution in [1.29, 1.82) is 0 Å². The van der Waals surface area contributed by atoms with Crippen LogP contribution in [0.2, 0.25) is 0 Å². The van der Waals surface area contributed by atoms with Crippen molar-refractivity contribution in [2.24, 2.45) is 17.0 Å². The molecule has 0 amide bonds. The van der Waals surface area contributed by atoms with Gasteiger partial charge in [-0.05, 0) is 51.6 Å². The lowest BCUT2D eigenvalue weighted by Crippen LogP contribution is -2.47. The summed E-state index contributed by atoms with van der Waals surface area (Å²) in [6, 6.07) is 0.685. The van der Waals surface area contributed by atoms with E-state index in [1.807, 2.05) is 0 Å². The van der Waals surface area contributed by atoms with E-state index in [0.717, 1.165) is 5.71 Å². The Bertz CT molecular complexity index is 284. The van der Waals surface area contributed by atoms with Crippen LogP contribution in [0.3, 0.4) is 0 Å². The lowest BCUT2D eigenvalue weighted by atomic mass is 9.81. The monoisotopic (exact) mass is 222 g/mol. The maximum absolute atomic E-state index is 9.16. The lowest BCUT2D eigenvalue weighted by Gasteiger charge is -2.40. The second-order valence-electron chi connectivity index (χ2n) is 5.65. The van der Waals surface area contributed by atoms with Crippen molar-refractivity contribution in [3.63, 3.8) is 0 Å². The van der Waals surface area contributed by atoms with Crippen LogP contribution in [0.4, 0.5) is 0 Å². The summed E-state index contributed by atoms with van der Waals surface area (Å²) in [5.74, 6) is 1.18. The van der Waals surface area contributed by atoms with Gasteiger partial charge in [0.05, 0.1) is 5.71 Å². The molecule has 1 N–H and O–H groups in total. The summed E-state index contributed by atoms with van der Waals surface area (Å²) in [5, 5.41) is 12.8. The van der Waals surface area contributed by atoms with Crippen molar-refractivity contribution in [1.82, 2.24) is 4.90 Å². The third-order valence-electron chi connectivity index (χ3n) is 4.87. The minimum absolute atomic E-state index is 0.571. The molecule has 0 aromatic heterocycles. The van der Waals surface area contributed by atoms with E-state index in [1.165, 1.54) is 58.0 Å². The summed E-state index contributed by atoms with van der Waals surface area (Å²) in [4.78, 5) is 2.67. The van der Waals surface area contributed by atoms with Gasteiger partial charge in [-0.25, -0.2) is 0 Å². The van der Waals surface area contributed by atoms with Gasteiger partial charge >= 0.3 is 0 Å². The van der Waals surface area contributed by atoms with Crippen molar-refractivity contribution in [2.75, 3.05) is 13.1 Å². The topological polar surface area (TPSA) is 35.8 Å². The molecule has 0 unspecified atom stereocenters. The number of hydrogen-bond donors (Lipinski definition) is 1. The largest absolute Gasteiger partial charge is 0.411 e. The number of nitrogens with zero attached hydrogens (tertiary/aromatic N) is 2. The fraction of sp³-hybridized carbons (Fsp3) is 0.923. The zero-order valence-corrected chi connectivity index (χ0v) is 9.94. The number of hydrogen-bond acceptors (Lipinski definition) is 3. The summed E-state index contributed by atoms with van der Waals surface area (Å²) < 4.78 is 0. The Hall–Kier alpha value is -0.570. The van der Waals surface area contributed by atoms with Gasteiger partial charge in [-0.3, -0.25) is 4.90 Å². The minimum atomic E-state index is 0.571. The average Bonchev–Trinajstić information content (AvgIpc) is 2.63. The second-order valence-corrected chi connectivity index (χ2v) is 5.65. The van der Waals surface area contributed by atoms with E-state index in [9.17, 15) is 0 Å². The average molecular weight is 222 g/mol. The van der Waals surface area contributed by atoms with Crippen LogP contribution in [0.1, 0.15) is 44.9 Å². The molecule has 3 atom stereocenters. The third kappa shape index (κ3) is 1.65. The molecule has 3 heteroatoms. The molecule has 16 heavy (non-hydrogen) atoms. The van der Waals surface area contributed by atoms with Gasteiger partial charge in [-0.2, -0.15) is 0 Å². The third-order valence-corrected chi connectivity index (χ3v) is 4.87. The van der Waals surface area contributed by atoms with Crippen molar-refractivity contribution in [3.8, 4) is 0 Å². The smallest absolute Gasteiger partial charge is 0.0648 e. The van der Waals surface area contributed by atoms with Crippen LogP contribution >= 0.6 is 0 Å². The van der Waals surface area contributed by atoms with Gasteiger partial charge < -0.3 is 5.21 Å². The van der Waals surface area contributed by atoms with Crippen LogP contribution < -0.4 is 0 Å². The highest BCUT2D eigenvalue weighted by atomic mass is 16.4. The first-order valence-electron chi connectivity index (χ1n) is 6.86. The molecule has 3 aliphatic rings. The second kappa shape index (κ2) is 4.36. The molecule has 0 aromatic carbocycles. The number of rotatable bonds is 1. The van der Waals surface area contributed by atoms with Crippen LogP contribution in [0, 0.1) is 11.8 Å². The van der Waals surface area contributed by atoms with Gasteiger partial charge in [-0.1, -0.05) is 11.6 Å². The fourth-order valence-corrected chi connectivity index (χ4v) is 4.08. The molecule has 3 fully saturated rings. The Labute approximate surface area is 97.5 Å². The number of fused-ring (bicyclic) bond motifs is 2. The van der Waals surface area contributed by atoms with Crippen LogP contribution in [0.15, 0.2) is 5.16 Å². The fourth-order valence-electron chi connectivity index (χ4n) is 4.08. The van der Waals surface area contributed by atoms with Gasteiger partial charge in [0, 0.05) is 17.9 Å². The van der Waals surface area contributed by atoms with Crippen LogP contribution in [-0.4, -0.2) is 35.0 Å². The molecule has 1 saturated heterocycles. The molecule has 2 bridgehead atoms. The molecule has 0 aromatic rings. The molecule has 3 rings (SSSR count). The number of likely N-dealkylation sites (tertiary alicyclic amines) is 1. The molecule has 3 nitrogen and oxygen atoms in total. The summed E-state index contributed by atoms with van der Waals surface area (Å²) in [6.07, 6.45) is 9.21. The number of oxime groups is 1. The van der Waals surface area contributed by atoms with Gasteiger partial charge in [0.15, 0.2) is 0 Å². The van der Waals surface area contributed by atoms with Gasteiger partial charge in [0.25, 0.3) is 0 Å². The SMILES string of the molecule is O/N=C1\[C@H]2CC[C@@H]1[C@@H](N1CCCCC1)CC2. The summed E-state index contributed by atoms with van der Waals surface area (Å²) in [5.41, 5.74) is 1.13. The van der Waals surface area contributed by atoms with Crippen molar-refractivity contribution >= 4 is 5.71 Å². The van der Waals surface area contributed by atoms with E-state index in [2.05, 4.69) is 10.1 Å². The first kappa shape index (κ1) is 10.6. The molecular formula is C13H22N2O. The van der Waals surface area contributed by atoms with Crippen molar-refractivity contribution in [2.45, 2.75) is 51.0 Å². The van der Waals surface area contributed by atoms with Crippen LogP contribution in [0.25, 0.3) is 0 Å². The highest BCUT2D eigenvalue weighted by Crippen LogP contribution is 2.42. The predicted octanol–water partition coefficient (Wildman–Crippen LogP) is 2.49. The first-order valence-corrected chi connectivity index (χ1v) is 6.86. The zero-order chi connectivity index (χ0) is 11.0. The van der Waals surface area contributed by atoms with Gasteiger partial charge in [-0.15, -0.1) is 0 Å². The highest BCUT2D eigenvalue weighted by molar-refractivity contribution is 5.91. The predicted molar refractivity (Wildman–Crippen MR) is 63.9 cm³/mol. The quantitative estimate of drug-likeness (QED) is 0.546. The molecule has 2 aliphatic carbocycles. The number of piperidine rings is 1. The maximum atomic E-state index is 9.16. The van der Waals surface area contributed by atoms with Crippen molar-refractivity contribution < 1.29 is 5.21 Å². The van der Waals surface area contributed by atoms with Crippen LogP contribution in [0.5, 0.6) is 0 Å². The Kier molecular flexibility index (Phi) is 2.88. The summed E-state index contributed by atoms with van der Waals surface area (Å²) >= 11 is 0.